The molecule has 0 unspecified atom stereocenters. The first-order valence-corrected chi connectivity index (χ1v) is 7.48. The molecule has 1 aromatic carbocycles. The molecule has 112 valence electrons. The first-order valence-electron chi connectivity index (χ1n) is 6.69. The Morgan fingerprint density at radius 2 is 2.05 bits per heavy atom. The molecule has 0 saturated heterocycles. The fourth-order valence-electron chi connectivity index (χ4n) is 2.59. The van der Waals surface area contributed by atoms with E-state index in [4.69, 9.17) is 0 Å². The van der Waals surface area contributed by atoms with Crippen molar-refractivity contribution in [2.75, 3.05) is 6.54 Å². The number of fused-ring (bicyclic) bond motifs is 1. The van der Waals surface area contributed by atoms with E-state index in [0.717, 1.165) is 15.6 Å². The third kappa shape index (κ3) is 2.69. The molecule has 2 amide bonds. The van der Waals surface area contributed by atoms with E-state index in [9.17, 15) is 14.7 Å². The van der Waals surface area contributed by atoms with Crippen LogP contribution in [0.25, 0.3) is 5.70 Å². The molecule has 0 aromatic heterocycles. The van der Waals surface area contributed by atoms with Crippen LogP contribution < -0.4 is 10.4 Å². The van der Waals surface area contributed by atoms with E-state index >= 15 is 0 Å². The number of rotatable bonds is 3. The molecule has 3 rings (SSSR count). The molecule has 1 aliphatic heterocycles. The van der Waals surface area contributed by atoms with Crippen LogP contribution in [0.2, 0.25) is 0 Å². The van der Waals surface area contributed by atoms with E-state index in [2.05, 4.69) is 21.2 Å². The minimum Gasteiger partial charge on any atom is -0.548 e. The van der Waals surface area contributed by atoms with Crippen LogP contribution in [0.5, 0.6) is 0 Å². The second kappa shape index (κ2) is 5.81. The van der Waals surface area contributed by atoms with Gasteiger partial charge in [-0.25, -0.2) is 4.79 Å². The standard InChI is InChI=1S/C16H13BrN2O3/c17-11-6-7-13-12(8-11)15(10-4-2-1-3-5-10)19(9-14(20)21)16(22)18-13/h1-8,13H,9H2,(H,18,22)(H,20,21)/p-1/t13-/m0/s1. The summed E-state index contributed by atoms with van der Waals surface area (Å²) in [6.45, 7) is -0.499. The summed E-state index contributed by atoms with van der Waals surface area (Å²) >= 11 is 3.42. The number of halogens is 1. The van der Waals surface area contributed by atoms with Crippen LogP contribution in [0.3, 0.4) is 0 Å². The Morgan fingerprint density at radius 1 is 1.32 bits per heavy atom. The fourth-order valence-corrected chi connectivity index (χ4v) is 2.99. The maximum absolute atomic E-state index is 12.3. The summed E-state index contributed by atoms with van der Waals surface area (Å²) in [5.74, 6) is -1.31. The lowest BCUT2D eigenvalue weighted by molar-refractivity contribution is -0.305. The van der Waals surface area contributed by atoms with Gasteiger partial charge in [-0.3, -0.25) is 4.90 Å². The summed E-state index contributed by atoms with van der Waals surface area (Å²) in [7, 11) is 0. The first kappa shape index (κ1) is 14.6. The van der Waals surface area contributed by atoms with E-state index < -0.39 is 18.5 Å². The van der Waals surface area contributed by atoms with Gasteiger partial charge in [0.25, 0.3) is 0 Å². The Labute approximate surface area is 135 Å². The molecule has 6 heteroatoms. The lowest BCUT2D eigenvalue weighted by atomic mass is 9.93. The predicted molar refractivity (Wildman–Crippen MR) is 83.5 cm³/mol. The van der Waals surface area contributed by atoms with Crippen molar-refractivity contribution in [3.8, 4) is 0 Å². The number of nitrogens with one attached hydrogen (secondary N) is 1. The number of hydrogen-bond acceptors (Lipinski definition) is 3. The van der Waals surface area contributed by atoms with Crippen molar-refractivity contribution in [1.29, 1.82) is 0 Å². The maximum atomic E-state index is 12.3. The van der Waals surface area contributed by atoms with Gasteiger partial charge in [-0.2, -0.15) is 0 Å². The zero-order chi connectivity index (χ0) is 15.7. The van der Waals surface area contributed by atoms with Gasteiger partial charge in [-0.15, -0.1) is 0 Å². The molecule has 1 heterocycles. The van der Waals surface area contributed by atoms with Crippen molar-refractivity contribution >= 4 is 33.6 Å². The van der Waals surface area contributed by atoms with Gasteiger partial charge in [0.2, 0.25) is 0 Å². The lowest BCUT2D eigenvalue weighted by Crippen LogP contribution is -2.52. The van der Waals surface area contributed by atoms with Crippen molar-refractivity contribution in [2.45, 2.75) is 6.04 Å². The topological polar surface area (TPSA) is 72.5 Å². The van der Waals surface area contributed by atoms with Crippen molar-refractivity contribution in [2.24, 2.45) is 0 Å². The number of carboxylic acids is 1. The van der Waals surface area contributed by atoms with Crippen LogP contribution >= 0.6 is 15.9 Å². The van der Waals surface area contributed by atoms with Gasteiger partial charge in [0.05, 0.1) is 24.3 Å². The summed E-state index contributed by atoms with van der Waals surface area (Å²) in [6, 6.07) is 8.53. The smallest absolute Gasteiger partial charge is 0.322 e. The third-order valence-electron chi connectivity index (χ3n) is 3.48. The zero-order valence-corrected chi connectivity index (χ0v) is 13.0. The monoisotopic (exact) mass is 359 g/mol. The number of carbonyl (C=O) groups excluding carboxylic acids is 2. The summed E-state index contributed by atoms with van der Waals surface area (Å²) in [4.78, 5) is 24.5. The van der Waals surface area contributed by atoms with Gasteiger partial charge in [0.1, 0.15) is 0 Å². The second-order valence-electron chi connectivity index (χ2n) is 4.94. The van der Waals surface area contributed by atoms with E-state index in [1.165, 1.54) is 4.90 Å². The van der Waals surface area contributed by atoms with E-state index in [0.29, 0.717) is 5.70 Å². The molecule has 0 radical (unpaired) electrons. The van der Waals surface area contributed by atoms with E-state index in [-0.39, 0.29) is 6.04 Å². The van der Waals surface area contributed by atoms with Crippen molar-refractivity contribution in [3.63, 3.8) is 0 Å². The van der Waals surface area contributed by atoms with Crippen molar-refractivity contribution in [1.82, 2.24) is 10.2 Å². The quantitative estimate of drug-likeness (QED) is 0.886. The number of benzene rings is 1. The predicted octanol–water partition coefficient (Wildman–Crippen LogP) is 1.39. The molecule has 1 atom stereocenters. The molecule has 0 fully saturated rings. The number of aliphatic carboxylic acids is 1. The second-order valence-corrected chi connectivity index (χ2v) is 5.86. The zero-order valence-electron chi connectivity index (χ0n) is 11.5. The van der Waals surface area contributed by atoms with Crippen LogP contribution in [-0.4, -0.2) is 29.5 Å². The van der Waals surface area contributed by atoms with Crippen molar-refractivity contribution in [3.05, 3.63) is 64.2 Å². The van der Waals surface area contributed by atoms with Gasteiger partial charge >= 0.3 is 6.03 Å². The van der Waals surface area contributed by atoms with Crippen LogP contribution in [0.15, 0.2) is 58.6 Å². The highest BCUT2D eigenvalue weighted by Gasteiger charge is 2.32. The van der Waals surface area contributed by atoms with Gasteiger partial charge in [0.15, 0.2) is 0 Å². The molecule has 22 heavy (non-hydrogen) atoms. The van der Waals surface area contributed by atoms with Gasteiger partial charge in [-0.05, 0) is 17.7 Å². The molecule has 0 saturated carbocycles. The number of amides is 2. The third-order valence-corrected chi connectivity index (χ3v) is 3.97. The highest BCUT2D eigenvalue weighted by molar-refractivity contribution is 9.11. The van der Waals surface area contributed by atoms with Gasteiger partial charge in [-0.1, -0.05) is 52.3 Å². The van der Waals surface area contributed by atoms with Crippen LogP contribution in [0.4, 0.5) is 4.79 Å². The summed E-state index contributed by atoms with van der Waals surface area (Å²) in [6.07, 6.45) is 5.59. The van der Waals surface area contributed by atoms with E-state index in [1.807, 2.05) is 48.6 Å². The Hall–Kier alpha value is -2.34. The summed E-state index contributed by atoms with van der Waals surface area (Å²) < 4.78 is 0.858. The lowest BCUT2D eigenvalue weighted by Gasteiger charge is -2.37. The van der Waals surface area contributed by atoms with E-state index in [1.54, 1.807) is 0 Å². The highest BCUT2D eigenvalue weighted by atomic mass is 79.9. The largest absolute Gasteiger partial charge is 0.548 e. The van der Waals surface area contributed by atoms with Crippen molar-refractivity contribution < 1.29 is 14.7 Å². The average Bonchev–Trinajstić information content (AvgIpc) is 2.49. The minimum atomic E-state index is -1.31. The molecule has 0 bridgehead atoms. The number of carbonyl (C=O) groups is 2. The molecule has 1 N–H and O–H groups in total. The maximum Gasteiger partial charge on any atom is 0.322 e. The summed E-state index contributed by atoms with van der Waals surface area (Å²) in [5, 5.41) is 13.8. The molecular formula is C16H12BrN2O3-. The Bertz CT molecular complexity index is 722. The van der Waals surface area contributed by atoms with Gasteiger partial charge in [0, 0.05) is 10.1 Å². The number of urea groups is 1. The Morgan fingerprint density at radius 3 is 2.73 bits per heavy atom. The Balaban J connectivity index is 2.19. The number of carboxylic acid groups (broad SMARTS) is 1. The van der Waals surface area contributed by atoms with Gasteiger partial charge < -0.3 is 15.2 Å². The van der Waals surface area contributed by atoms with Crippen LogP contribution in [0, 0.1) is 0 Å². The first-order chi connectivity index (χ1) is 10.6. The fraction of sp³-hybridized carbons (Fsp3) is 0.125. The molecule has 2 aliphatic rings. The highest BCUT2D eigenvalue weighted by Crippen LogP contribution is 2.33. The molecule has 1 aliphatic carbocycles. The SMILES string of the molecule is O=C([O-])CN1C(=O)N[C@H]2C=CC(Br)=CC2=C1c1ccccc1. The average molecular weight is 360 g/mol. The normalized spacial score (nSPS) is 20.4. The summed E-state index contributed by atoms with van der Waals surface area (Å²) in [5.41, 5.74) is 2.20. The Kier molecular flexibility index (Phi) is 3.85. The minimum absolute atomic E-state index is 0.276. The van der Waals surface area contributed by atoms with Crippen LogP contribution in [0.1, 0.15) is 5.56 Å². The number of hydrogen-bond donors (Lipinski definition) is 1. The molecule has 0 spiro atoms. The van der Waals surface area contributed by atoms with Crippen LogP contribution in [-0.2, 0) is 4.79 Å². The number of allylic oxidation sites excluding steroid dienone is 2. The molecule has 1 aromatic rings. The number of nitrogens with zero attached hydrogens (tertiary/aromatic N) is 1. The molecular weight excluding hydrogens is 348 g/mol. The molecule has 5 nitrogen and oxygen atoms in total.